The molecule has 94 valence electrons. The van der Waals surface area contributed by atoms with Crippen LogP contribution in [0.25, 0.3) is 11.3 Å². The Morgan fingerprint density at radius 2 is 2.28 bits per heavy atom. The van der Waals surface area contributed by atoms with Crippen molar-refractivity contribution in [2.24, 2.45) is 0 Å². The number of amides is 1. The largest absolute Gasteiger partial charge is 0.351 e. The summed E-state index contributed by atoms with van der Waals surface area (Å²) in [5.74, 6) is -0.436. The van der Waals surface area contributed by atoms with Gasteiger partial charge in [-0.3, -0.25) is 4.79 Å². The summed E-state index contributed by atoms with van der Waals surface area (Å²) in [5, 5.41) is 2.78. The minimum absolute atomic E-state index is 0.128. The Morgan fingerprint density at radius 3 is 3.00 bits per heavy atom. The lowest BCUT2D eigenvalue weighted by Crippen LogP contribution is -2.22. The molecule has 3 nitrogen and oxygen atoms in total. The van der Waals surface area contributed by atoms with Gasteiger partial charge in [0, 0.05) is 12.1 Å². The summed E-state index contributed by atoms with van der Waals surface area (Å²) in [6, 6.07) is 7.87. The maximum atomic E-state index is 13.1. The zero-order valence-electron chi connectivity index (χ0n) is 9.94. The van der Waals surface area contributed by atoms with Gasteiger partial charge in [0.25, 0.3) is 5.91 Å². The summed E-state index contributed by atoms with van der Waals surface area (Å²) in [7, 11) is 0. The van der Waals surface area contributed by atoms with Crippen LogP contribution in [0, 0.1) is 5.82 Å². The van der Waals surface area contributed by atoms with Gasteiger partial charge in [-0.15, -0.1) is 0 Å². The van der Waals surface area contributed by atoms with Crippen LogP contribution in [0.2, 0.25) is 0 Å². The van der Waals surface area contributed by atoms with E-state index < -0.39 is 0 Å². The van der Waals surface area contributed by atoms with E-state index in [2.05, 4.69) is 9.69 Å². The second kappa shape index (κ2) is 5.73. The van der Waals surface area contributed by atoms with Crippen molar-refractivity contribution in [2.75, 3.05) is 6.54 Å². The van der Waals surface area contributed by atoms with Crippen molar-refractivity contribution in [1.82, 2.24) is 9.69 Å². The highest BCUT2D eigenvalue weighted by Crippen LogP contribution is 2.22. The fraction of sp³-hybridized carbons (Fsp3) is 0.231. The smallest absolute Gasteiger partial charge is 0.263 e. The van der Waals surface area contributed by atoms with Gasteiger partial charge in [-0.1, -0.05) is 19.1 Å². The maximum absolute atomic E-state index is 13.1. The van der Waals surface area contributed by atoms with Gasteiger partial charge >= 0.3 is 0 Å². The predicted molar refractivity (Wildman–Crippen MR) is 70.1 cm³/mol. The summed E-state index contributed by atoms with van der Waals surface area (Å²) in [6.07, 6.45) is 0.890. The maximum Gasteiger partial charge on any atom is 0.263 e. The van der Waals surface area contributed by atoms with Crippen LogP contribution in [0.4, 0.5) is 4.39 Å². The molecule has 0 aliphatic heterocycles. The molecule has 18 heavy (non-hydrogen) atoms. The van der Waals surface area contributed by atoms with Crippen LogP contribution in [-0.2, 0) is 0 Å². The summed E-state index contributed by atoms with van der Waals surface area (Å²) >= 11 is 1.12. The van der Waals surface area contributed by atoms with Gasteiger partial charge in [0.05, 0.1) is 5.69 Å². The Labute approximate surface area is 109 Å². The summed E-state index contributed by atoms with van der Waals surface area (Å²) in [4.78, 5) is 12.2. The number of halogens is 1. The number of benzene rings is 1. The topological polar surface area (TPSA) is 42.0 Å². The first-order valence-electron chi connectivity index (χ1n) is 5.71. The number of hydrogen-bond acceptors (Lipinski definition) is 3. The summed E-state index contributed by atoms with van der Waals surface area (Å²) < 4.78 is 17.3. The minimum Gasteiger partial charge on any atom is -0.351 e. The van der Waals surface area contributed by atoms with E-state index in [1.165, 1.54) is 12.1 Å². The molecule has 1 heterocycles. The van der Waals surface area contributed by atoms with Crippen molar-refractivity contribution in [3.63, 3.8) is 0 Å². The zero-order valence-corrected chi connectivity index (χ0v) is 10.8. The van der Waals surface area contributed by atoms with Gasteiger partial charge in [0.15, 0.2) is 0 Å². The molecule has 0 aliphatic carbocycles. The average Bonchev–Trinajstić information content (AvgIpc) is 2.85. The second-order valence-electron chi connectivity index (χ2n) is 3.84. The van der Waals surface area contributed by atoms with Crippen molar-refractivity contribution in [3.8, 4) is 11.3 Å². The monoisotopic (exact) mass is 264 g/mol. The number of carbonyl (C=O) groups excluding carboxylic acids is 1. The normalized spacial score (nSPS) is 10.3. The standard InChI is InChI=1S/C13H13FN2OS/c1-2-6-15-13(17)12-8-11(16-18-12)9-4-3-5-10(14)7-9/h3-5,7-8H,2,6H2,1H3,(H,15,17). The second-order valence-corrected chi connectivity index (χ2v) is 4.65. The molecule has 1 aromatic heterocycles. The van der Waals surface area contributed by atoms with E-state index in [1.54, 1.807) is 18.2 Å². The average molecular weight is 264 g/mol. The lowest BCUT2D eigenvalue weighted by molar-refractivity contribution is 0.0957. The first-order chi connectivity index (χ1) is 8.70. The summed E-state index contributed by atoms with van der Waals surface area (Å²) in [6.45, 7) is 2.64. The lowest BCUT2D eigenvalue weighted by Gasteiger charge is -1.98. The molecule has 0 atom stereocenters. The lowest BCUT2D eigenvalue weighted by atomic mass is 10.1. The zero-order chi connectivity index (χ0) is 13.0. The molecule has 2 rings (SSSR count). The molecule has 2 aromatic rings. The van der Waals surface area contributed by atoms with Crippen LogP contribution < -0.4 is 5.32 Å². The molecule has 0 radical (unpaired) electrons. The van der Waals surface area contributed by atoms with Crippen molar-refractivity contribution in [2.45, 2.75) is 13.3 Å². The minimum atomic E-state index is -0.308. The molecule has 5 heteroatoms. The van der Waals surface area contributed by atoms with Crippen molar-refractivity contribution >= 4 is 17.4 Å². The molecule has 0 saturated carbocycles. The first-order valence-corrected chi connectivity index (χ1v) is 6.49. The molecule has 1 amide bonds. The van der Waals surface area contributed by atoms with Gasteiger partial charge in [-0.25, -0.2) is 4.39 Å². The van der Waals surface area contributed by atoms with E-state index in [4.69, 9.17) is 0 Å². The third-order valence-corrected chi connectivity index (χ3v) is 3.18. The van der Waals surface area contributed by atoms with Crippen LogP contribution in [-0.4, -0.2) is 16.8 Å². The Bertz CT molecular complexity index is 553. The van der Waals surface area contributed by atoms with Gasteiger partial charge in [-0.05, 0) is 36.2 Å². The van der Waals surface area contributed by atoms with Crippen molar-refractivity contribution in [3.05, 3.63) is 41.0 Å². The highest BCUT2D eigenvalue weighted by atomic mass is 32.1. The number of hydrogen-bond donors (Lipinski definition) is 1. The van der Waals surface area contributed by atoms with Gasteiger partial charge < -0.3 is 5.32 Å². The summed E-state index contributed by atoms with van der Waals surface area (Å²) in [5.41, 5.74) is 1.31. The molecule has 1 aromatic carbocycles. The SMILES string of the molecule is CCCNC(=O)c1cc(-c2cccc(F)c2)ns1. The van der Waals surface area contributed by atoms with E-state index >= 15 is 0 Å². The van der Waals surface area contributed by atoms with Gasteiger partial charge in [-0.2, -0.15) is 4.37 Å². The number of carbonyl (C=O) groups is 1. The third kappa shape index (κ3) is 2.92. The number of rotatable bonds is 4. The highest BCUT2D eigenvalue weighted by Gasteiger charge is 2.11. The molecule has 1 N–H and O–H groups in total. The van der Waals surface area contributed by atoms with Crippen LogP contribution in [0.15, 0.2) is 30.3 Å². The quantitative estimate of drug-likeness (QED) is 0.922. The molecule has 0 unspecified atom stereocenters. The van der Waals surface area contributed by atoms with Crippen LogP contribution >= 0.6 is 11.5 Å². The van der Waals surface area contributed by atoms with Crippen LogP contribution in [0.1, 0.15) is 23.0 Å². The van der Waals surface area contributed by atoms with Gasteiger partial charge in [0.2, 0.25) is 0 Å². The Balaban J connectivity index is 2.17. The Hall–Kier alpha value is -1.75. The highest BCUT2D eigenvalue weighted by molar-refractivity contribution is 7.08. The Kier molecular flexibility index (Phi) is 4.04. The van der Waals surface area contributed by atoms with E-state index in [1.807, 2.05) is 6.92 Å². The van der Waals surface area contributed by atoms with E-state index in [9.17, 15) is 9.18 Å². The van der Waals surface area contributed by atoms with Crippen LogP contribution in [0.5, 0.6) is 0 Å². The number of aromatic nitrogens is 1. The number of nitrogens with zero attached hydrogens (tertiary/aromatic N) is 1. The predicted octanol–water partition coefficient (Wildman–Crippen LogP) is 3.09. The molecular weight excluding hydrogens is 251 g/mol. The molecule has 0 spiro atoms. The fourth-order valence-corrected chi connectivity index (χ4v) is 2.17. The third-order valence-electron chi connectivity index (χ3n) is 2.39. The van der Waals surface area contributed by atoms with E-state index in [0.717, 1.165) is 18.0 Å². The van der Waals surface area contributed by atoms with Crippen molar-refractivity contribution < 1.29 is 9.18 Å². The Morgan fingerprint density at radius 1 is 1.44 bits per heavy atom. The van der Waals surface area contributed by atoms with E-state index in [-0.39, 0.29) is 11.7 Å². The van der Waals surface area contributed by atoms with Crippen LogP contribution in [0.3, 0.4) is 0 Å². The molecule has 0 bridgehead atoms. The molecule has 0 fully saturated rings. The molecule has 0 saturated heterocycles. The first kappa shape index (κ1) is 12.7. The van der Waals surface area contributed by atoms with E-state index in [0.29, 0.717) is 22.7 Å². The van der Waals surface area contributed by atoms with Crippen molar-refractivity contribution in [1.29, 1.82) is 0 Å². The number of nitrogens with one attached hydrogen (secondary N) is 1. The molecular formula is C13H13FN2OS. The van der Waals surface area contributed by atoms with Gasteiger partial charge in [0.1, 0.15) is 10.7 Å². The fourth-order valence-electron chi connectivity index (χ4n) is 1.49. The molecule has 0 aliphatic rings.